The van der Waals surface area contributed by atoms with Crippen LogP contribution in [0.4, 0.5) is 15.8 Å². The minimum atomic E-state index is -0.668. The Kier molecular flexibility index (Phi) is 6.37. The first kappa shape index (κ1) is 28.3. The number of pyridine rings is 1. The molecule has 0 aliphatic carbocycles. The summed E-state index contributed by atoms with van der Waals surface area (Å²) in [5.74, 6) is -0.686. The number of H-pyrrole nitrogens is 1. The van der Waals surface area contributed by atoms with E-state index in [1.807, 2.05) is 30.9 Å². The summed E-state index contributed by atoms with van der Waals surface area (Å²) in [6, 6.07) is 4.79. The Morgan fingerprint density at radius 2 is 2.04 bits per heavy atom. The minimum absolute atomic E-state index is 0.0846. The molecule has 2 aromatic heterocycles. The van der Waals surface area contributed by atoms with Crippen LogP contribution in [0.25, 0.3) is 32.9 Å². The summed E-state index contributed by atoms with van der Waals surface area (Å²) in [5, 5.41) is 8.74. The van der Waals surface area contributed by atoms with Crippen molar-refractivity contribution in [3.63, 3.8) is 0 Å². The second-order valence-electron chi connectivity index (χ2n) is 12.7. The van der Waals surface area contributed by atoms with Gasteiger partial charge in [0.2, 0.25) is 11.8 Å². The molecule has 8 rings (SSSR count). The highest BCUT2D eigenvalue weighted by atomic mass is 35.5. The van der Waals surface area contributed by atoms with Crippen molar-refractivity contribution in [2.75, 3.05) is 43.0 Å². The zero-order valence-electron chi connectivity index (χ0n) is 25.3. The molecule has 0 radical (unpaired) electrons. The van der Waals surface area contributed by atoms with E-state index in [0.29, 0.717) is 40.9 Å². The van der Waals surface area contributed by atoms with Crippen LogP contribution in [-0.2, 0) is 9.59 Å². The number of carbonyl (C=O) groups excluding carboxylic acids is 2. The van der Waals surface area contributed by atoms with Gasteiger partial charge in [-0.2, -0.15) is 5.10 Å². The van der Waals surface area contributed by atoms with Gasteiger partial charge < -0.3 is 19.4 Å². The molecule has 0 spiro atoms. The zero-order valence-corrected chi connectivity index (χ0v) is 26.1. The molecule has 2 aromatic carbocycles. The van der Waals surface area contributed by atoms with E-state index in [2.05, 4.69) is 28.7 Å². The number of aryl methyl sites for hydroxylation is 1. The number of nitrogens with zero attached hydrogens (tertiary/aromatic N) is 6. The number of ether oxygens (including phenoxy) is 1. The minimum Gasteiger partial charge on any atom is -0.469 e. The van der Waals surface area contributed by atoms with E-state index >= 15 is 4.39 Å². The summed E-state index contributed by atoms with van der Waals surface area (Å²) in [5.41, 5.74) is 3.67. The third-order valence-corrected chi connectivity index (χ3v) is 10.4. The molecule has 0 unspecified atom stereocenters. The summed E-state index contributed by atoms with van der Waals surface area (Å²) in [6.45, 7) is 9.33. The van der Waals surface area contributed by atoms with Gasteiger partial charge in [-0.1, -0.05) is 30.3 Å². The maximum atomic E-state index is 17.1. The number of likely N-dealkylation sites (tertiary alicyclic amines) is 1. The molecule has 2 fully saturated rings. The number of anilines is 2. The number of nitrogens with one attached hydrogen (secondary N) is 1. The van der Waals surface area contributed by atoms with Gasteiger partial charge in [0.15, 0.2) is 5.82 Å². The van der Waals surface area contributed by atoms with Crippen LogP contribution in [0.1, 0.15) is 25.3 Å². The average Bonchev–Trinajstić information content (AvgIpc) is 3.68. The summed E-state index contributed by atoms with van der Waals surface area (Å²) in [4.78, 5) is 39.6. The van der Waals surface area contributed by atoms with Crippen molar-refractivity contribution in [1.82, 2.24) is 25.0 Å². The predicted molar refractivity (Wildman–Crippen MR) is 171 cm³/mol. The fourth-order valence-corrected chi connectivity index (χ4v) is 8.15. The smallest absolute Gasteiger partial charge is 0.251 e. The topological polar surface area (TPSA) is 97.9 Å². The van der Waals surface area contributed by atoms with Crippen LogP contribution in [0.2, 0.25) is 5.02 Å². The van der Waals surface area contributed by atoms with Crippen molar-refractivity contribution in [2.24, 2.45) is 0 Å². The van der Waals surface area contributed by atoms with E-state index in [1.165, 1.54) is 6.08 Å². The molecule has 4 aliphatic rings. The summed E-state index contributed by atoms with van der Waals surface area (Å²) >= 11 is 6.99. The van der Waals surface area contributed by atoms with Gasteiger partial charge >= 0.3 is 0 Å². The lowest BCUT2D eigenvalue weighted by Crippen LogP contribution is -2.67. The van der Waals surface area contributed by atoms with E-state index < -0.39 is 11.9 Å². The number of fused-ring (bicyclic) bond motifs is 5. The molecule has 45 heavy (non-hydrogen) atoms. The predicted octanol–water partition coefficient (Wildman–Crippen LogP) is 4.67. The van der Waals surface area contributed by atoms with E-state index in [0.717, 1.165) is 30.3 Å². The van der Waals surface area contributed by atoms with Crippen LogP contribution >= 0.6 is 11.6 Å². The Bertz CT molecular complexity index is 1940. The molecular formula is C33H33ClFN7O3. The molecular weight excluding hydrogens is 597 g/mol. The molecule has 10 nitrogen and oxygen atoms in total. The van der Waals surface area contributed by atoms with Crippen molar-refractivity contribution < 1.29 is 18.7 Å². The number of aromatic nitrogens is 3. The van der Waals surface area contributed by atoms with Crippen molar-refractivity contribution in [1.29, 1.82) is 0 Å². The van der Waals surface area contributed by atoms with Crippen LogP contribution in [0.3, 0.4) is 0 Å². The number of carbonyl (C=O) groups is 2. The highest BCUT2D eigenvalue weighted by molar-refractivity contribution is 6.35. The van der Waals surface area contributed by atoms with E-state index in [9.17, 15) is 9.59 Å². The fraction of sp³-hybridized carbons (Fsp3) is 0.394. The average molecular weight is 630 g/mol. The molecule has 6 heterocycles. The summed E-state index contributed by atoms with van der Waals surface area (Å²) in [6.07, 6.45) is 4.59. The largest absolute Gasteiger partial charge is 0.469 e. The molecule has 0 bridgehead atoms. The van der Waals surface area contributed by atoms with Gasteiger partial charge in [-0.05, 0) is 58.0 Å². The number of amides is 2. The molecule has 4 aromatic rings. The van der Waals surface area contributed by atoms with Gasteiger partial charge in [0.05, 0.1) is 35.5 Å². The summed E-state index contributed by atoms with van der Waals surface area (Å²) < 4.78 is 23.7. The van der Waals surface area contributed by atoms with Gasteiger partial charge in [-0.25, -0.2) is 9.37 Å². The van der Waals surface area contributed by atoms with Crippen molar-refractivity contribution in [2.45, 2.75) is 50.9 Å². The lowest BCUT2D eigenvalue weighted by molar-refractivity contribution is -0.131. The van der Waals surface area contributed by atoms with Crippen molar-refractivity contribution >= 4 is 56.6 Å². The van der Waals surface area contributed by atoms with Gasteiger partial charge in [0.1, 0.15) is 23.3 Å². The Morgan fingerprint density at radius 1 is 1.22 bits per heavy atom. The molecule has 1 N–H and O–H groups in total. The number of likely N-dealkylation sites (N-methyl/N-ethyl adjacent to an activating group) is 1. The SMILES string of the molecule is C=CC(=O)N1C[C@@H]2C(=O)N3C[C@H]([C@@H]4CCCN4C)Oc4nc5c(F)c(-c6c(C)ccc7cn[nH]c67)c(Cl)cc5c(c43)N2C[C@H]1C. The Morgan fingerprint density at radius 3 is 2.80 bits per heavy atom. The van der Waals surface area contributed by atoms with E-state index in [4.69, 9.17) is 21.3 Å². The third kappa shape index (κ3) is 4.02. The molecule has 2 saturated heterocycles. The number of rotatable bonds is 3. The van der Waals surface area contributed by atoms with E-state index in [1.54, 1.807) is 22.1 Å². The number of aromatic amines is 1. The first-order valence-electron chi connectivity index (χ1n) is 15.3. The maximum Gasteiger partial charge on any atom is 0.251 e. The van der Waals surface area contributed by atoms with Crippen LogP contribution in [-0.4, -0.2) is 94.3 Å². The molecule has 4 aliphatic heterocycles. The number of piperazine rings is 1. The lowest BCUT2D eigenvalue weighted by atomic mass is 9.93. The standard InChI is InChI=1S/C33H33ClFN7O3/c1-5-24(43)40-14-22-33(44)42-15-23(21-7-6-10-39(21)4)45-32-31(42)30(41(22)13-17(40)3)19-11-20(34)26(27(35)29(19)37-32)25-16(2)8-9-18-12-36-38-28(18)25/h5,8-9,11-12,17,21-23H,1,6-7,10,13-15H2,2-4H3,(H,36,38)/t17-,21+,22-,23-/m1/s1. The second kappa shape index (κ2) is 10.1. The summed E-state index contributed by atoms with van der Waals surface area (Å²) in [7, 11) is 2.06. The monoisotopic (exact) mass is 629 g/mol. The number of halogens is 2. The first-order valence-corrected chi connectivity index (χ1v) is 15.7. The Balaban J connectivity index is 1.38. The second-order valence-corrected chi connectivity index (χ2v) is 13.1. The fourth-order valence-electron chi connectivity index (χ4n) is 7.86. The number of benzene rings is 2. The zero-order chi connectivity index (χ0) is 31.3. The quantitative estimate of drug-likeness (QED) is 0.329. The third-order valence-electron chi connectivity index (χ3n) is 10.1. The van der Waals surface area contributed by atoms with Crippen LogP contribution in [0.15, 0.2) is 37.1 Å². The Labute approximate surface area is 264 Å². The highest BCUT2D eigenvalue weighted by Gasteiger charge is 2.50. The van der Waals surface area contributed by atoms with Crippen LogP contribution < -0.4 is 14.5 Å². The van der Waals surface area contributed by atoms with Crippen molar-refractivity contribution in [3.8, 4) is 17.0 Å². The maximum absolute atomic E-state index is 17.1. The van der Waals surface area contributed by atoms with Gasteiger partial charge in [-0.3, -0.25) is 19.6 Å². The van der Waals surface area contributed by atoms with Crippen molar-refractivity contribution in [3.05, 3.63) is 53.5 Å². The van der Waals surface area contributed by atoms with Gasteiger partial charge in [-0.15, -0.1) is 0 Å². The number of hydrogen-bond donors (Lipinski definition) is 1. The molecule has 4 atom stereocenters. The van der Waals surface area contributed by atoms with Gasteiger partial charge in [0.25, 0.3) is 5.91 Å². The molecule has 2 amide bonds. The molecule has 0 saturated carbocycles. The normalized spacial score (nSPS) is 24.6. The lowest BCUT2D eigenvalue weighted by Gasteiger charge is -2.52. The van der Waals surface area contributed by atoms with Crippen LogP contribution in [0, 0.1) is 12.7 Å². The van der Waals surface area contributed by atoms with Gasteiger partial charge in [0, 0.05) is 40.5 Å². The first-order chi connectivity index (χ1) is 21.7. The van der Waals surface area contributed by atoms with E-state index in [-0.39, 0.29) is 58.5 Å². The molecule has 232 valence electrons. The highest BCUT2D eigenvalue weighted by Crippen LogP contribution is 2.52. The number of hydrogen-bond acceptors (Lipinski definition) is 7. The Hall–Kier alpha value is -4.22. The van der Waals surface area contributed by atoms with Crippen LogP contribution in [0.5, 0.6) is 5.88 Å². The molecule has 12 heteroatoms.